The number of benzene rings is 1. The van der Waals surface area contributed by atoms with Gasteiger partial charge in [-0.1, -0.05) is 0 Å². The van der Waals surface area contributed by atoms with Gasteiger partial charge in [0.1, 0.15) is 5.56 Å². The van der Waals surface area contributed by atoms with Crippen molar-refractivity contribution >= 4 is 23.2 Å². The van der Waals surface area contributed by atoms with Gasteiger partial charge in [-0.05, 0) is 13.0 Å². The van der Waals surface area contributed by atoms with E-state index in [1.54, 1.807) is 6.92 Å². The van der Waals surface area contributed by atoms with E-state index in [1.165, 1.54) is 4.90 Å². The van der Waals surface area contributed by atoms with Crippen molar-refractivity contribution in [2.75, 3.05) is 19.0 Å². The van der Waals surface area contributed by atoms with Gasteiger partial charge in [0.25, 0.3) is 11.6 Å². The number of carbonyl (C=O) groups is 1. The molecule has 0 saturated heterocycles. The van der Waals surface area contributed by atoms with Crippen molar-refractivity contribution in [3.8, 4) is 0 Å². The minimum Gasteiger partial charge on any atom is -0.338 e. The first-order chi connectivity index (χ1) is 8.92. The van der Waals surface area contributed by atoms with E-state index >= 15 is 0 Å². The molecule has 5 nitrogen and oxygen atoms in total. The molecule has 0 aliphatic heterocycles. The lowest BCUT2D eigenvalue weighted by Crippen LogP contribution is -2.33. The number of hydrogen-bond donors (Lipinski definition) is 0. The predicted molar refractivity (Wildman–Crippen MR) is 65.3 cm³/mol. The smallest absolute Gasteiger partial charge is 0.285 e. The van der Waals surface area contributed by atoms with E-state index in [9.17, 15) is 23.7 Å². The molecule has 0 N–H and O–H groups in total. The van der Waals surface area contributed by atoms with E-state index in [2.05, 4.69) is 0 Å². The second-order valence-corrected chi connectivity index (χ2v) is 3.99. The van der Waals surface area contributed by atoms with Crippen LogP contribution < -0.4 is 0 Å². The summed E-state index contributed by atoms with van der Waals surface area (Å²) in [6.07, 6.45) is 0. The Hall–Kier alpha value is -1.76. The van der Waals surface area contributed by atoms with Gasteiger partial charge in [0, 0.05) is 19.0 Å². The van der Waals surface area contributed by atoms with E-state index in [0.717, 1.165) is 0 Å². The zero-order valence-electron chi connectivity index (χ0n) is 10.0. The zero-order valence-corrected chi connectivity index (χ0v) is 10.8. The molecule has 0 bridgehead atoms. The van der Waals surface area contributed by atoms with Gasteiger partial charge >= 0.3 is 0 Å². The Labute approximate surface area is 112 Å². The summed E-state index contributed by atoms with van der Waals surface area (Å²) >= 11 is 5.50. The predicted octanol–water partition coefficient (Wildman–Crippen LogP) is 2.57. The number of nitro groups is 1. The topological polar surface area (TPSA) is 63.5 Å². The monoisotopic (exact) mass is 292 g/mol. The van der Waals surface area contributed by atoms with Gasteiger partial charge in [-0.3, -0.25) is 14.9 Å². The number of alkyl halides is 1. The fourth-order valence-corrected chi connectivity index (χ4v) is 1.74. The average Bonchev–Trinajstić information content (AvgIpc) is 2.37. The molecule has 0 unspecified atom stereocenters. The lowest BCUT2D eigenvalue weighted by atomic mass is 10.1. The summed E-state index contributed by atoms with van der Waals surface area (Å²) in [5.41, 5.74) is -1.26. The Kier molecular flexibility index (Phi) is 5.17. The molecule has 0 radical (unpaired) electrons. The van der Waals surface area contributed by atoms with Gasteiger partial charge in [0.15, 0.2) is 11.6 Å². The third-order valence-corrected chi connectivity index (χ3v) is 2.66. The molecule has 0 aliphatic rings. The van der Waals surface area contributed by atoms with Gasteiger partial charge in [-0.25, -0.2) is 8.78 Å². The van der Waals surface area contributed by atoms with Gasteiger partial charge in [0.2, 0.25) is 0 Å². The molecule has 0 aromatic heterocycles. The van der Waals surface area contributed by atoms with E-state index < -0.39 is 33.7 Å². The fourth-order valence-electron chi connectivity index (χ4n) is 1.53. The maximum absolute atomic E-state index is 13.1. The van der Waals surface area contributed by atoms with Gasteiger partial charge in [-0.15, -0.1) is 11.6 Å². The number of carbonyl (C=O) groups excluding carboxylic acids is 1. The molecule has 0 heterocycles. The summed E-state index contributed by atoms with van der Waals surface area (Å²) in [4.78, 5) is 23.1. The van der Waals surface area contributed by atoms with Gasteiger partial charge < -0.3 is 4.90 Å². The molecule has 19 heavy (non-hydrogen) atoms. The molecule has 1 aromatic rings. The van der Waals surface area contributed by atoms with Crippen LogP contribution in [0.15, 0.2) is 12.1 Å². The fraction of sp³-hybridized carbons (Fsp3) is 0.364. The molecular formula is C11H11ClF2N2O3. The van der Waals surface area contributed by atoms with Crippen LogP contribution in [0.3, 0.4) is 0 Å². The minimum atomic E-state index is -1.37. The minimum absolute atomic E-state index is 0.136. The maximum atomic E-state index is 13.1. The van der Waals surface area contributed by atoms with E-state index in [-0.39, 0.29) is 19.0 Å². The third-order valence-electron chi connectivity index (χ3n) is 2.49. The molecule has 1 rings (SSSR count). The van der Waals surface area contributed by atoms with E-state index in [0.29, 0.717) is 12.1 Å². The number of rotatable bonds is 5. The average molecular weight is 293 g/mol. The zero-order chi connectivity index (χ0) is 14.6. The first-order valence-corrected chi connectivity index (χ1v) is 5.94. The Morgan fingerprint density at radius 1 is 1.42 bits per heavy atom. The highest BCUT2D eigenvalue weighted by Gasteiger charge is 2.26. The molecule has 0 aliphatic carbocycles. The van der Waals surface area contributed by atoms with Crippen molar-refractivity contribution in [3.63, 3.8) is 0 Å². The quantitative estimate of drug-likeness (QED) is 0.476. The first-order valence-electron chi connectivity index (χ1n) is 5.41. The van der Waals surface area contributed by atoms with Crippen LogP contribution in [-0.2, 0) is 0 Å². The molecule has 0 spiro atoms. The standard InChI is InChI=1S/C11H11ClF2N2O3/c1-2-15(4-3-12)11(17)7-5-8(13)9(14)6-10(7)16(18)19/h5-6H,2-4H2,1H3. The molecule has 1 aromatic carbocycles. The Bertz CT molecular complexity index is 511. The van der Waals surface area contributed by atoms with Crippen molar-refractivity contribution in [1.82, 2.24) is 4.90 Å². The van der Waals surface area contributed by atoms with Crippen molar-refractivity contribution < 1.29 is 18.5 Å². The van der Waals surface area contributed by atoms with Gasteiger partial charge in [-0.2, -0.15) is 0 Å². The highest BCUT2D eigenvalue weighted by Crippen LogP contribution is 2.23. The molecule has 0 atom stereocenters. The van der Waals surface area contributed by atoms with Crippen LogP contribution in [0.5, 0.6) is 0 Å². The van der Waals surface area contributed by atoms with Crippen molar-refractivity contribution in [3.05, 3.63) is 39.4 Å². The van der Waals surface area contributed by atoms with Crippen LogP contribution in [0.4, 0.5) is 14.5 Å². The van der Waals surface area contributed by atoms with Crippen LogP contribution >= 0.6 is 11.6 Å². The second-order valence-electron chi connectivity index (χ2n) is 3.61. The molecule has 1 amide bonds. The van der Waals surface area contributed by atoms with Crippen LogP contribution in [0.1, 0.15) is 17.3 Å². The molecular weight excluding hydrogens is 282 g/mol. The maximum Gasteiger partial charge on any atom is 0.285 e. The molecule has 0 fully saturated rings. The highest BCUT2D eigenvalue weighted by molar-refractivity contribution is 6.18. The highest BCUT2D eigenvalue weighted by atomic mass is 35.5. The summed E-state index contributed by atoms with van der Waals surface area (Å²) < 4.78 is 26.1. The summed E-state index contributed by atoms with van der Waals surface area (Å²) in [6.45, 7) is 2.06. The van der Waals surface area contributed by atoms with Crippen LogP contribution in [0.2, 0.25) is 0 Å². The van der Waals surface area contributed by atoms with Crippen LogP contribution in [0, 0.1) is 21.7 Å². The second kappa shape index (κ2) is 6.42. The van der Waals surface area contributed by atoms with Crippen molar-refractivity contribution in [2.45, 2.75) is 6.92 Å². The number of halogens is 3. The number of amides is 1. The summed E-state index contributed by atoms with van der Waals surface area (Å²) in [5.74, 6) is -3.30. The lowest BCUT2D eigenvalue weighted by molar-refractivity contribution is -0.385. The summed E-state index contributed by atoms with van der Waals surface area (Å²) in [5, 5.41) is 10.8. The van der Waals surface area contributed by atoms with E-state index in [4.69, 9.17) is 11.6 Å². The first kappa shape index (κ1) is 15.3. The normalized spacial score (nSPS) is 10.3. The van der Waals surface area contributed by atoms with Crippen molar-refractivity contribution in [1.29, 1.82) is 0 Å². The number of nitrogens with zero attached hydrogens (tertiary/aromatic N) is 2. The number of nitro benzene ring substituents is 1. The van der Waals surface area contributed by atoms with Gasteiger partial charge in [0.05, 0.1) is 11.0 Å². The Morgan fingerprint density at radius 2 is 2.00 bits per heavy atom. The van der Waals surface area contributed by atoms with Crippen LogP contribution in [-0.4, -0.2) is 34.7 Å². The largest absolute Gasteiger partial charge is 0.338 e. The van der Waals surface area contributed by atoms with E-state index in [1.807, 2.05) is 0 Å². The molecule has 0 saturated carbocycles. The Balaban J connectivity index is 3.28. The van der Waals surface area contributed by atoms with Crippen molar-refractivity contribution in [2.24, 2.45) is 0 Å². The molecule has 104 valence electrons. The van der Waals surface area contributed by atoms with Crippen LogP contribution in [0.25, 0.3) is 0 Å². The summed E-state index contributed by atoms with van der Waals surface area (Å²) in [7, 11) is 0. The SMILES string of the molecule is CCN(CCCl)C(=O)c1cc(F)c(F)cc1[N+](=O)[O-]. The summed E-state index contributed by atoms with van der Waals surface area (Å²) in [6, 6.07) is 0.934. The lowest BCUT2D eigenvalue weighted by Gasteiger charge is -2.19. The number of hydrogen-bond acceptors (Lipinski definition) is 3. The third kappa shape index (κ3) is 3.37. The Morgan fingerprint density at radius 3 is 2.47 bits per heavy atom. The molecule has 8 heteroatoms.